The van der Waals surface area contributed by atoms with Gasteiger partial charge >= 0.3 is 0 Å². The molecule has 0 radical (unpaired) electrons. The van der Waals surface area contributed by atoms with Crippen molar-refractivity contribution in [1.82, 2.24) is 4.57 Å². The quantitative estimate of drug-likeness (QED) is 0.199. The Hall–Kier alpha value is -2.54. The highest BCUT2D eigenvalue weighted by Gasteiger charge is 2.20. The first-order valence-corrected chi connectivity index (χ1v) is 12.9. The number of benzene rings is 3. The lowest BCUT2D eigenvalue weighted by Crippen LogP contribution is -2.04. The van der Waals surface area contributed by atoms with E-state index in [1.807, 2.05) is 0 Å². The summed E-state index contributed by atoms with van der Waals surface area (Å²) in [5, 5.41) is 2.76. The largest absolute Gasteiger partial charge is 0.309 e. The maximum absolute atomic E-state index is 2.52. The van der Waals surface area contributed by atoms with Crippen molar-refractivity contribution in [2.45, 2.75) is 84.0 Å². The molecule has 0 amide bonds. The van der Waals surface area contributed by atoms with Gasteiger partial charge in [-0.15, -0.1) is 0 Å². The van der Waals surface area contributed by atoms with Crippen molar-refractivity contribution in [1.29, 1.82) is 0 Å². The van der Waals surface area contributed by atoms with E-state index < -0.39 is 0 Å². The van der Waals surface area contributed by atoms with Crippen molar-refractivity contribution in [3.8, 4) is 5.69 Å². The van der Waals surface area contributed by atoms with Gasteiger partial charge in [0.05, 0.1) is 11.0 Å². The molecule has 0 saturated carbocycles. The van der Waals surface area contributed by atoms with E-state index in [1.165, 1.54) is 91.7 Å². The Labute approximate surface area is 194 Å². The van der Waals surface area contributed by atoms with Gasteiger partial charge in [0.1, 0.15) is 0 Å². The zero-order chi connectivity index (χ0) is 22.2. The van der Waals surface area contributed by atoms with Crippen LogP contribution in [0.3, 0.4) is 0 Å². The minimum absolute atomic E-state index is 0.638. The lowest BCUT2D eigenvalue weighted by atomic mass is 9.87. The summed E-state index contributed by atoms with van der Waals surface area (Å²) in [6, 6.07) is 26.9. The summed E-state index contributed by atoms with van der Waals surface area (Å²) in [5.41, 5.74) is 5.56. The summed E-state index contributed by atoms with van der Waals surface area (Å²) in [4.78, 5) is 0. The van der Waals surface area contributed by atoms with Crippen molar-refractivity contribution in [3.05, 3.63) is 78.4 Å². The van der Waals surface area contributed by atoms with Crippen molar-refractivity contribution >= 4 is 21.8 Å². The number of unbranched alkanes of at least 4 members (excludes halogenated alkanes) is 6. The van der Waals surface area contributed by atoms with Gasteiger partial charge in [0.2, 0.25) is 0 Å². The summed E-state index contributed by atoms with van der Waals surface area (Å²) >= 11 is 0. The first-order chi connectivity index (χ1) is 15.8. The molecule has 0 bridgehead atoms. The molecule has 4 aromatic rings. The summed E-state index contributed by atoms with van der Waals surface area (Å²) in [6.45, 7) is 4.61. The molecule has 3 aromatic carbocycles. The number of nitrogens with zero attached hydrogens (tertiary/aromatic N) is 1. The zero-order valence-electron chi connectivity index (χ0n) is 20.0. The lowest BCUT2D eigenvalue weighted by molar-refractivity contribution is 0.498. The lowest BCUT2D eigenvalue weighted by Gasteiger charge is -2.20. The second-order valence-corrected chi connectivity index (χ2v) is 9.33. The Morgan fingerprint density at radius 3 is 1.91 bits per heavy atom. The molecule has 0 aliphatic rings. The normalized spacial score (nSPS) is 11.7. The topological polar surface area (TPSA) is 4.93 Å². The van der Waals surface area contributed by atoms with Gasteiger partial charge in [-0.2, -0.15) is 0 Å². The molecule has 0 aliphatic carbocycles. The predicted octanol–water partition coefficient (Wildman–Crippen LogP) is 9.81. The van der Waals surface area contributed by atoms with E-state index in [2.05, 4.69) is 91.2 Å². The number of hydrogen-bond acceptors (Lipinski definition) is 0. The van der Waals surface area contributed by atoms with Crippen LogP contribution in [-0.2, 0) is 0 Å². The molecule has 32 heavy (non-hydrogen) atoms. The SMILES string of the molecule is CCCCCCC(CCCCCC)c1cccc2c3ccccc3n(-c3ccccc3)c12. The summed E-state index contributed by atoms with van der Waals surface area (Å²) < 4.78 is 2.52. The fourth-order valence-electron chi connectivity index (χ4n) is 5.31. The summed E-state index contributed by atoms with van der Waals surface area (Å²) in [7, 11) is 0. The van der Waals surface area contributed by atoms with E-state index in [0.717, 1.165) is 0 Å². The third-order valence-corrected chi connectivity index (χ3v) is 6.99. The van der Waals surface area contributed by atoms with E-state index in [-0.39, 0.29) is 0 Å². The van der Waals surface area contributed by atoms with Crippen molar-refractivity contribution in [2.75, 3.05) is 0 Å². The average molecular weight is 426 g/mol. The molecule has 0 aliphatic heterocycles. The highest BCUT2D eigenvalue weighted by molar-refractivity contribution is 6.10. The van der Waals surface area contributed by atoms with Crippen LogP contribution in [0.25, 0.3) is 27.5 Å². The van der Waals surface area contributed by atoms with Gasteiger partial charge < -0.3 is 4.57 Å². The van der Waals surface area contributed by atoms with Gasteiger partial charge in [-0.25, -0.2) is 0 Å². The molecule has 4 rings (SSSR count). The van der Waals surface area contributed by atoms with Crippen molar-refractivity contribution < 1.29 is 0 Å². The van der Waals surface area contributed by atoms with E-state index in [4.69, 9.17) is 0 Å². The first kappa shape index (κ1) is 22.6. The van der Waals surface area contributed by atoms with Crippen LogP contribution in [-0.4, -0.2) is 4.57 Å². The third-order valence-electron chi connectivity index (χ3n) is 6.99. The predicted molar refractivity (Wildman–Crippen MR) is 141 cm³/mol. The monoisotopic (exact) mass is 425 g/mol. The van der Waals surface area contributed by atoms with E-state index in [1.54, 1.807) is 5.56 Å². The molecular weight excluding hydrogens is 386 g/mol. The highest BCUT2D eigenvalue weighted by Crippen LogP contribution is 2.39. The van der Waals surface area contributed by atoms with Gasteiger partial charge in [-0.05, 0) is 42.5 Å². The number of aromatic nitrogens is 1. The highest BCUT2D eigenvalue weighted by atomic mass is 15.0. The summed E-state index contributed by atoms with van der Waals surface area (Å²) in [6.07, 6.45) is 13.3. The van der Waals surface area contributed by atoms with Crippen LogP contribution in [0.2, 0.25) is 0 Å². The molecule has 0 unspecified atom stereocenters. The number of rotatable bonds is 12. The van der Waals surface area contributed by atoms with Crippen LogP contribution in [0.4, 0.5) is 0 Å². The Kier molecular flexibility index (Phi) is 8.04. The number of hydrogen-bond donors (Lipinski definition) is 0. The average Bonchev–Trinajstić information content (AvgIpc) is 3.18. The van der Waals surface area contributed by atoms with Crippen LogP contribution in [0.5, 0.6) is 0 Å². The van der Waals surface area contributed by atoms with Crippen molar-refractivity contribution in [3.63, 3.8) is 0 Å². The van der Waals surface area contributed by atoms with Crippen LogP contribution < -0.4 is 0 Å². The minimum atomic E-state index is 0.638. The Morgan fingerprint density at radius 1 is 0.594 bits per heavy atom. The third kappa shape index (κ3) is 4.93. The minimum Gasteiger partial charge on any atom is -0.309 e. The number of para-hydroxylation sites is 3. The molecule has 0 spiro atoms. The van der Waals surface area contributed by atoms with Crippen LogP contribution in [0.15, 0.2) is 72.8 Å². The fourth-order valence-corrected chi connectivity index (χ4v) is 5.31. The van der Waals surface area contributed by atoms with Gasteiger partial charge in [0.25, 0.3) is 0 Å². The molecule has 1 nitrogen and oxygen atoms in total. The molecule has 0 N–H and O–H groups in total. The molecule has 0 fully saturated rings. The van der Waals surface area contributed by atoms with Gasteiger partial charge in [0.15, 0.2) is 0 Å². The van der Waals surface area contributed by atoms with Crippen LogP contribution in [0, 0.1) is 0 Å². The molecule has 168 valence electrons. The standard InChI is InChI=1S/C31H39N/c1-3-5-7-10-17-25(18-11-8-6-4-2)27-22-16-23-29-28-21-14-15-24-30(28)32(31(27)29)26-19-12-9-13-20-26/h9,12-16,19-25H,3-8,10-11,17-18H2,1-2H3. The molecule has 1 heterocycles. The number of fused-ring (bicyclic) bond motifs is 3. The molecule has 1 heteroatoms. The van der Waals surface area contributed by atoms with Gasteiger partial charge in [-0.1, -0.05) is 120 Å². The maximum atomic E-state index is 2.52. The molecular formula is C31H39N. The molecule has 0 saturated heterocycles. The van der Waals surface area contributed by atoms with E-state index in [9.17, 15) is 0 Å². The second kappa shape index (κ2) is 11.4. The van der Waals surface area contributed by atoms with Crippen molar-refractivity contribution in [2.24, 2.45) is 0 Å². The van der Waals surface area contributed by atoms with Gasteiger partial charge in [0, 0.05) is 16.5 Å². The first-order valence-electron chi connectivity index (χ1n) is 12.9. The van der Waals surface area contributed by atoms with Gasteiger partial charge in [-0.3, -0.25) is 0 Å². The molecule has 0 atom stereocenters. The Bertz CT molecular complexity index is 1090. The Morgan fingerprint density at radius 2 is 1.22 bits per heavy atom. The maximum Gasteiger partial charge on any atom is 0.0575 e. The molecule has 1 aromatic heterocycles. The van der Waals surface area contributed by atoms with E-state index >= 15 is 0 Å². The smallest absolute Gasteiger partial charge is 0.0575 e. The Balaban J connectivity index is 1.82. The fraction of sp³-hybridized carbons (Fsp3) is 0.419. The second-order valence-electron chi connectivity index (χ2n) is 9.33. The summed E-state index contributed by atoms with van der Waals surface area (Å²) in [5.74, 6) is 0.638. The van der Waals surface area contributed by atoms with Crippen LogP contribution >= 0.6 is 0 Å². The van der Waals surface area contributed by atoms with E-state index in [0.29, 0.717) is 5.92 Å². The zero-order valence-corrected chi connectivity index (χ0v) is 20.0. The van der Waals surface area contributed by atoms with Crippen LogP contribution in [0.1, 0.15) is 89.5 Å².